The number of esters is 1. The molecule has 0 saturated heterocycles. The van der Waals surface area contributed by atoms with Gasteiger partial charge in [0.25, 0.3) is 0 Å². The predicted octanol–water partition coefficient (Wildman–Crippen LogP) is 1.33. The average Bonchev–Trinajstić information content (AvgIpc) is 3.23. The monoisotopic (exact) mass is 246 g/mol. The van der Waals surface area contributed by atoms with Crippen molar-refractivity contribution in [2.75, 3.05) is 7.11 Å². The molecule has 0 radical (unpaired) electrons. The van der Waals surface area contributed by atoms with Crippen LogP contribution in [0.2, 0.25) is 0 Å². The van der Waals surface area contributed by atoms with Crippen LogP contribution < -0.4 is 5.43 Å². The van der Waals surface area contributed by atoms with Gasteiger partial charge in [0, 0.05) is 5.92 Å². The van der Waals surface area contributed by atoms with Crippen molar-refractivity contribution in [3.63, 3.8) is 0 Å². The van der Waals surface area contributed by atoms with Crippen LogP contribution >= 0.6 is 0 Å². The Morgan fingerprint density at radius 3 is 2.56 bits per heavy atom. The van der Waals surface area contributed by atoms with Gasteiger partial charge < -0.3 is 4.74 Å². The molecule has 0 spiro atoms. The maximum absolute atomic E-state index is 11.3. The summed E-state index contributed by atoms with van der Waals surface area (Å²) in [6, 6.07) is 6.77. The second-order valence-corrected chi connectivity index (χ2v) is 4.12. The van der Waals surface area contributed by atoms with E-state index in [1.807, 2.05) is 0 Å². The van der Waals surface area contributed by atoms with Crippen molar-refractivity contribution in [1.29, 1.82) is 0 Å². The van der Waals surface area contributed by atoms with E-state index < -0.39 is 0 Å². The van der Waals surface area contributed by atoms with Crippen molar-refractivity contribution in [3.05, 3.63) is 35.4 Å². The minimum Gasteiger partial charge on any atom is -0.465 e. The quantitative estimate of drug-likeness (QED) is 0.495. The summed E-state index contributed by atoms with van der Waals surface area (Å²) >= 11 is 0. The molecular formula is C13H14N2O3. The molecule has 2 rings (SSSR count). The fourth-order valence-electron chi connectivity index (χ4n) is 1.43. The van der Waals surface area contributed by atoms with Crippen LogP contribution in [-0.2, 0) is 9.53 Å². The number of hydrogen-bond acceptors (Lipinski definition) is 4. The summed E-state index contributed by atoms with van der Waals surface area (Å²) in [5.74, 6) is -0.262. The number of amides is 1. The van der Waals surface area contributed by atoms with Crippen LogP contribution in [0, 0.1) is 5.92 Å². The Morgan fingerprint density at radius 2 is 2.00 bits per heavy atom. The molecule has 1 fully saturated rings. The number of methoxy groups -OCH3 is 1. The Bertz CT molecular complexity index is 476. The van der Waals surface area contributed by atoms with Crippen molar-refractivity contribution in [2.24, 2.45) is 11.0 Å². The highest BCUT2D eigenvalue weighted by Gasteiger charge is 2.29. The lowest BCUT2D eigenvalue weighted by molar-refractivity contribution is -0.122. The van der Waals surface area contributed by atoms with Crippen LogP contribution in [0.15, 0.2) is 29.4 Å². The van der Waals surface area contributed by atoms with Crippen LogP contribution in [0.3, 0.4) is 0 Å². The van der Waals surface area contributed by atoms with Gasteiger partial charge in [0.05, 0.1) is 18.9 Å². The van der Waals surface area contributed by atoms with Gasteiger partial charge in [0.1, 0.15) is 0 Å². The summed E-state index contributed by atoms with van der Waals surface area (Å²) in [6.45, 7) is 0. The zero-order chi connectivity index (χ0) is 13.0. The Kier molecular flexibility index (Phi) is 3.72. The number of ether oxygens (including phenoxy) is 1. The van der Waals surface area contributed by atoms with E-state index in [1.54, 1.807) is 30.5 Å². The van der Waals surface area contributed by atoms with Crippen LogP contribution in [0.5, 0.6) is 0 Å². The maximum Gasteiger partial charge on any atom is 0.337 e. The number of hydrogen-bond donors (Lipinski definition) is 1. The van der Waals surface area contributed by atoms with E-state index in [1.165, 1.54) is 7.11 Å². The Balaban J connectivity index is 1.91. The summed E-state index contributed by atoms with van der Waals surface area (Å²) < 4.78 is 4.59. The van der Waals surface area contributed by atoms with E-state index in [-0.39, 0.29) is 17.8 Å². The highest BCUT2D eigenvalue weighted by molar-refractivity contribution is 5.91. The van der Waals surface area contributed by atoms with Crippen molar-refractivity contribution in [2.45, 2.75) is 12.8 Å². The molecule has 94 valence electrons. The van der Waals surface area contributed by atoms with Crippen LogP contribution in [0.4, 0.5) is 0 Å². The zero-order valence-corrected chi connectivity index (χ0v) is 10.1. The smallest absolute Gasteiger partial charge is 0.337 e. The number of rotatable bonds is 4. The number of benzene rings is 1. The number of nitrogens with one attached hydrogen (secondary N) is 1. The topological polar surface area (TPSA) is 67.8 Å². The molecule has 18 heavy (non-hydrogen) atoms. The van der Waals surface area contributed by atoms with Crippen LogP contribution in [0.25, 0.3) is 0 Å². The largest absolute Gasteiger partial charge is 0.465 e. The second kappa shape index (κ2) is 5.44. The van der Waals surface area contributed by atoms with Crippen molar-refractivity contribution < 1.29 is 14.3 Å². The highest BCUT2D eigenvalue weighted by Crippen LogP contribution is 2.28. The number of nitrogens with zero attached hydrogens (tertiary/aromatic N) is 1. The van der Waals surface area contributed by atoms with Gasteiger partial charge in [-0.3, -0.25) is 4.79 Å². The molecule has 0 atom stereocenters. The Labute approximate surface area is 105 Å². The van der Waals surface area contributed by atoms with Crippen molar-refractivity contribution in [1.82, 2.24) is 5.43 Å². The van der Waals surface area contributed by atoms with E-state index in [2.05, 4.69) is 15.3 Å². The minimum absolute atomic E-state index is 0.0302. The molecule has 0 unspecified atom stereocenters. The third kappa shape index (κ3) is 3.16. The Morgan fingerprint density at radius 1 is 1.33 bits per heavy atom. The molecule has 1 saturated carbocycles. The molecule has 0 aromatic heterocycles. The first-order valence-corrected chi connectivity index (χ1v) is 5.72. The van der Waals surface area contributed by atoms with Gasteiger partial charge >= 0.3 is 5.97 Å². The number of hydrazone groups is 1. The van der Waals surface area contributed by atoms with E-state index in [0.29, 0.717) is 5.56 Å². The molecule has 5 nitrogen and oxygen atoms in total. The summed E-state index contributed by atoms with van der Waals surface area (Å²) in [4.78, 5) is 22.5. The van der Waals surface area contributed by atoms with Gasteiger partial charge in [-0.2, -0.15) is 5.10 Å². The molecule has 1 aliphatic rings. The molecule has 1 aromatic carbocycles. The van der Waals surface area contributed by atoms with E-state index in [9.17, 15) is 9.59 Å². The average molecular weight is 246 g/mol. The van der Waals surface area contributed by atoms with E-state index in [0.717, 1.165) is 18.4 Å². The fourth-order valence-corrected chi connectivity index (χ4v) is 1.43. The van der Waals surface area contributed by atoms with Crippen LogP contribution in [-0.4, -0.2) is 25.2 Å². The number of carbonyl (C=O) groups is 2. The first-order chi connectivity index (χ1) is 8.70. The van der Waals surface area contributed by atoms with Gasteiger partial charge in [-0.1, -0.05) is 12.1 Å². The molecular weight excluding hydrogens is 232 g/mol. The second-order valence-electron chi connectivity index (χ2n) is 4.12. The zero-order valence-electron chi connectivity index (χ0n) is 10.1. The number of carbonyl (C=O) groups excluding carboxylic acids is 2. The summed E-state index contributed by atoms with van der Waals surface area (Å²) in [6.07, 6.45) is 3.45. The van der Waals surface area contributed by atoms with Gasteiger partial charge in [-0.05, 0) is 30.5 Å². The molecule has 0 aliphatic heterocycles. The molecule has 1 aliphatic carbocycles. The van der Waals surface area contributed by atoms with E-state index >= 15 is 0 Å². The maximum atomic E-state index is 11.3. The first kappa shape index (κ1) is 12.3. The predicted molar refractivity (Wildman–Crippen MR) is 66.2 cm³/mol. The summed E-state index contributed by atoms with van der Waals surface area (Å²) in [5.41, 5.74) is 3.77. The molecule has 0 heterocycles. The standard InChI is InChI=1S/C13H14N2O3/c1-18-13(17)11-4-2-9(3-5-11)8-14-15-12(16)10-6-7-10/h2-5,8,10H,6-7H2,1H3,(H,15,16)/b14-8-. The van der Waals surface area contributed by atoms with Crippen molar-refractivity contribution >= 4 is 18.1 Å². The normalized spacial score (nSPS) is 14.5. The molecule has 1 N–H and O–H groups in total. The lowest BCUT2D eigenvalue weighted by Crippen LogP contribution is -2.18. The molecule has 1 aromatic rings. The summed E-state index contributed by atoms with van der Waals surface area (Å²) in [7, 11) is 1.34. The van der Waals surface area contributed by atoms with E-state index in [4.69, 9.17) is 0 Å². The molecule has 0 bridgehead atoms. The van der Waals surface area contributed by atoms with Crippen LogP contribution in [0.1, 0.15) is 28.8 Å². The van der Waals surface area contributed by atoms with Gasteiger partial charge in [-0.25, -0.2) is 10.2 Å². The Hall–Kier alpha value is -2.17. The lowest BCUT2D eigenvalue weighted by Gasteiger charge is -1.99. The minimum atomic E-state index is -0.375. The molecule has 5 heteroatoms. The third-order valence-electron chi connectivity index (χ3n) is 2.67. The first-order valence-electron chi connectivity index (χ1n) is 5.72. The van der Waals surface area contributed by atoms with Gasteiger partial charge in [0.15, 0.2) is 0 Å². The van der Waals surface area contributed by atoms with Gasteiger partial charge in [0.2, 0.25) is 5.91 Å². The van der Waals surface area contributed by atoms with Gasteiger partial charge in [-0.15, -0.1) is 0 Å². The third-order valence-corrected chi connectivity index (χ3v) is 2.67. The fraction of sp³-hybridized carbons (Fsp3) is 0.308. The summed E-state index contributed by atoms with van der Waals surface area (Å²) in [5, 5.41) is 3.86. The SMILES string of the molecule is COC(=O)c1ccc(/C=N\NC(=O)C2CC2)cc1. The lowest BCUT2D eigenvalue weighted by atomic mass is 10.1. The highest BCUT2D eigenvalue weighted by atomic mass is 16.5. The molecule has 1 amide bonds. The van der Waals surface area contributed by atoms with Crippen molar-refractivity contribution in [3.8, 4) is 0 Å².